The topological polar surface area (TPSA) is 16.4 Å². The smallest absolute Gasteiger partial charge is 0.137 e. The summed E-state index contributed by atoms with van der Waals surface area (Å²) in [6.07, 6.45) is 0. The van der Waals surface area contributed by atoms with Crippen LogP contribution in [0.15, 0.2) is 205 Å². The summed E-state index contributed by atoms with van der Waals surface area (Å²) in [5, 5.41) is 12.0. The minimum absolute atomic E-state index is 0.868. The van der Waals surface area contributed by atoms with Crippen LogP contribution in [0.3, 0.4) is 0 Å². The lowest BCUT2D eigenvalue weighted by Gasteiger charge is -2.28. The Bertz CT molecular complexity index is 3210. The molecule has 0 amide bonds. The second kappa shape index (κ2) is 12.2. The number of hydrogen-bond acceptors (Lipinski definition) is 2. The van der Waals surface area contributed by atoms with Crippen LogP contribution in [-0.2, 0) is 0 Å². The molecule has 252 valence electrons. The molecule has 11 aromatic rings. The molecule has 54 heavy (non-hydrogen) atoms. The molecule has 0 aliphatic rings. The highest BCUT2D eigenvalue weighted by Gasteiger charge is 2.22. The fraction of sp³-hybridized carbons (Fsp3) is 0. The van der Waals surface area contributed by atoms with Gasteiger partial charge < -0.3 is 9.32 Å². The van der Waals surface area contributed by atoms with Gasteiger partial charge in [0.1, 0.15) is 11.2 Å². The number of fused-ring (bicyclic) bond motifs is 9. The molecule has 1 heterocycles. The highest BCUT2D eigenvalue weighted by atomic mass is 16.3. The number of rotatable bonds is 5. The summed E-state index contributed by atoms with van der Waals surface area (Å²) in [4.78, 5) is 2.41. The maximum atomic E-state index is 6.49. The molecule has 0 fully saturated rings. The van der Waals surface area contributed by atoms with Crippen LogP contribution in [0.4, 0.5) is 17.1 Å². The predicted molar refractivity (Wildman–Crippen MR) is 229 cm³/mol. The number of benzene rings is 10. The summed E-state index contributed by atoms with van der Waals surface area (Å²) >= 11 is 0. The molecule has 0 bridgehead atoms. The van der Waals surface area contributed by atoms with Gasteiger partial charge >= 0.3 is 0 Å². The molecule has 0 saturated carbocycles. The van der Waals surface area contributed by atoms with E-state index in [1.165, 1.54) is 65.3 Å². The molecule has 0 aliphatic carbocycles. The largest absolute Gasteiger partial charge is 0.456 e. The van der Waals surface area contributed by atoms with Crippen molar-refractivity contribution < 1.29 is 4.42 Å². The van der Waals surface area contributed by atoms with E-state index >= 15 is 0 Å². The maximum Gasteiger partial charge on any atom is 0.137 e. The van der Waals surface area contributed by atoms with E-state index in [0.29, 0.717) is 0 Å². The second-order valence-corrected chi connectivity index (χ2v) is 14.0. The van der Waals surface area contributed by atoms with Gasteiger partial charge in [-0.1, -0.05) is 158 Å². The lowest BCUT2D eigenvalue weighted by molar-refractivity contribution is 0.669. The third kappa shape index (κ3) is 4.74. The summed E-state index contributed by atoms with van der Waals surface area (Å²) < 4.78 is 6.49. The fourth-order valence-electron chi connectivity index (χ4n) is 8.63. The molecular formula is C52H33NO. The first-order valence-electron chi connectivity index (χ1n) is 18.5. The van der Waals surface area contributed by atoms with Crippen molar-refractivity contribution in [2.45, 2.75) is 0 Å². The molecule has 2 nitrogen and oxygen atoms in total. The lowest BCUT2D eigenvalue weighted by atomic mass is 9.85. The molecule has 0 radical (unpaired) electrons. The molecule has 10 aromatic carbocycles. The van der Waals surface area contributed by atoms with Crippen LogP contribution in [0.2, 0.25) is 0 Å². The van der Waals surface area contributed by atoms with Gasteiger partial charge in [-0.25, -0.2) is 0 Å². The molecular weight excluding hydrogens is 655 g/mol. The average molecular weight is 688 g/mol. The molecule has 0 atom stereocenters. The Labute approximate surface area is 312 Å². The average Bonchev–Trinajstić information content (AvgIpc) is 3.62. The Morgan fingerprint density at radius 2 is 0.815 bits per heavy atom. The van der Waals surface area contributed by atoms with Gasteiger partial charge in [-0.05, 0) is 96.4 Å². The van der Waals surface area contributed by atoms with Gasteiger partial charge in [-0.15, -0.1) is 0 Å². The first-order valence-corrected chi connectivity index (χ1v) is 18.5. The SMILES string of the molecule is c1ccc(-c2c(-c3ccccc3)c3cc(N(c4ccc5c(c4)oc4ccccc45)c4cccc5c4ccc4ccccc45)ccc3c3ccccc23)cc1. The Balaban J connectivity index is 1.25. The van der Waals surface area contributed by atoms with E-state index in [2.05, 4.69) is 193 Å². The molecule has 0 aliphatic heterocycles. The van der Waals surface area contributed by atoms with Crippen LogP contribution in [0.25, 0.3) is 87.3 Å². The van der Waals surface area contributed by atoms with Crippen molar-refractivity contribution in [2.24, 2.45) is 0 Å². The second-order valence-electron chi connectivity index (χ2n) is 14.0. The van der Waals surface area contributed by atoms with Gasteiger partial charge in [0.2, 0.25) is 0 Å². The summed E-state index contributed by atoms with van der Waals surface area (Å²) in [7, 11) is 0. The van der Waals surface area contributed by atoms with Gasteiger partial charge in [0, 0.05) is 33.6 Å². The standard InChI is InChI=1S/C52H33NO/c1-3-15-35(16-4-1)51-46-22-10-9-20-41(46)42-30-27-37(32-47(42)52(51)36-17-5-2-6-18-36)53(38-28-31-45-44-21-11-12-25-49(44)54-50(45)33-38)48-24-13-23-40-39-19-8-7-14-34(39)26-29-43(40)48/h1-33H. The number of para-hydroxylation sites is 1. The van der Waals surface area contributed by atoms with Crippen molar-refractivity contribution in [3.05, 3.63) is 200 Å². The van der Waals surface area contributed by atoms with Crippen LogP contribution < -0.4 is 4.90 Å². The first-order chi connectivity index (χ1) is 26.8. The van der Waals surface area contributed by atoms with Gasteiger partial charge in [0.15, 0.2) is 0 Å². The van der Waals surface area contributed by atoms with E-state index in [9.17, 15) is 0 Å². The van der Waals surface area contributed by atoms with Crippen LogP contribution in [0.1, 0.15) is 0 Å². The first kappa shape index (κ1) is 30.5. The van der Waals surface area contributed by atoms with E-state index in [1.54, 1.807) is 0 Å². The van der Waals surface area contributed by atoms with Crippen molar-refractivity contribution in [1.82, 2.24) is 0 Å². The minimum atomic E-state index is 0.868. The van der Waals surface area contributed by atoms with Crippen molar-refractivity contribution in [2.75, 3.05) is 4.90 Å². The van der Waals surface area contributed by atoms with Crippen molar-refractivity contribution in [3.63, 3.8) is 0 Å². The molecule has 0 N–H and O–H groups in total. The third-order valence-electron chi connectivity index (χ3n) is 11.0. The summed E-state index contributed by atoms with van der Waals surface area (Å²) in [6.45, 7) is 0. The summed E-state index contributed by atoms with van der Waals surface area (Å²) in [5.41, 5.74) is 9.85. The van der Waals surface area contributed by atoms with Gasteiger partial charge in [-0.2, -0.15) is 0 Å². The Morgan fingerprint density at radius 1 is 0.296 bits per heavy atom. The Kier molecular flexibility index (Phi) is 6.90. The number of anilines is 3. The van der Waals surface area contributed by atoms with Crippen molar-refractivity contribution >= 4 is 82.1 Å². The van der Waals surface area contributed by atoms with Crippen molar-refractivity contribution in [3.8, 4) is 22.3 Å². The van der Waals surface area contributed by atoms with Gasteiger partial charge in [0.05, 0.1) is 5.69 Å². The predicted octanol–water partition coefficient (Wildman–Crippen LogP) is 15.0. The number of hydrogen-bond donors (Lipinski definition) is 0. The Morgan fingerprint density at radius 3 is 1.59 bits per heavy atom. The quantitative estimate of drug-likeness (QED) is 0.168. The van der Waals surface area contributed by atoms with Crippen LogP contribution in [0.5, 0.6) is 0 Å². The molecule has 1 aromatic heterocycles. The molecule has 2 heteroatoms. The maximum absolute atomic E-state index is 6.49. The fourth-order valence-corrected chi connectivity index (χ4v) is 8.63. The lowest BCUT2D eigenvalue weighted by Crippen LogP contribution is -2.10. The van der Waals surface area contributed by atoms with E-state index in [1.807, 2.05) is 12.1 Å². The molecule has 0 unspecified atom stereocenters. The summed E-state index contributed by atoms with van der Waals surface area (Å²) in [6, 6.07) is 72.4. The van der Waals surface area contributed by atoms with Crippen LogP contribution in [-0.4, -0.2) is 0 Å². The van der Waals surface area contributed by atoms with Crippen LogP contribution in [0, 0.1) is 0 Å². The van der Waals surface area contributed by atoms with E-state index in [0.717, 1.165) is 39.0 Å². The minimum Gasteiger partial charge on any atom is -0.456 e. The van der Waals surface area contributed by atoms with Crippen LogP contribution >= 0.6 is 0 Å². The number of furan rings is 1. The van der Waals surface area contributed by atoms with E-state index in [4.69, 9.17) is 4.42 Å². The zero-order valence-corrected chi connectivity index (χ0v) is 29.4. The third-order valence-corrected chi connectivity index (χ3v) is 11.0. The summed E-state index contributed by atoms with van der Waals surface area (Å²) in [5.74, 6) is 0. The van der Waals surface area contributed by atoms with Gasteiger partial charge in [-0.3, -0.25) is 0 Å². The number of nitrogens with zero attached hydrogens (tertiary/aromatic N) is 1. The van der Waals surface area contributed by atoms with E-state index < -0.39 is 0 Å². The highest BCUT2D eigenvalue weighted by molar-refractivity contribution is 6.22. The van der Waals surface area contributed by atoms with Crippen molar-refractivity contribution in [1.29, 1.82) is 0 Å². The Hall–Kier alpha value is -7.16. The monoisotopic (exact) mass is 687 g/mol. The molecule has 0 saturated heterocycles. The molecule has 0 spiro atoms. The normalized spacial score (nSPS) is 11.7. The highest BCUT2D eigenvalue weighted by Crippen LogP contribution is 2.48. The van der Waals surface area contributed by atoms with E-state index in [-0.39, 0.29) is 0 Å². The zero-order valence-electron chi connectivity index (χ0n) is 29.4. The molecule has 11 rings (SSSR count). The zero-order chi connectivity index (χ0) is 35.6. The van der Waals surface area contributed by atoms with Gasteiger partial charge in [0.25, 0.3) is 0 Å².